The van der Waals surface area contributed by atoms with Crippen LogP contribution in [0.4, 0.5) is 0 Å². The standard InChI is InChI=1S/C15H27NO3/c1-4-10(2)9-11(3)16-14(17)12-5-7-13(8-6-12)15(18)19/h10-13H,4-9H2,1-3H3,(H,16,17)(H,18,19). The molecule has 0 aliphatic heterocycles. The highest BCUT2D eigenvalue weighted by Gasteiger charge is 2.30. The molecule has 1 fully saturated rings. The summed E-state index contributed by atoms with van der Waals surface area (Å²) in [6.45, 7) is 6.40. The van der Waals surface area contributed by atoms with Crippen molar-refractivity contribution in [2.24, 2.45) is 17.8 Å². The summed E-state index contributed by atoms with van der Waals surface area (Å²) in [6.07, 6.45) is 4.81. The zero-order valence-corrected chi connectivity index (χ0v) is 12.3. The summed E-state index contributed by atoms with van der Waals surface area (Å²) < 4.78 is 0. The van der Waals surface area contributed by atoms with Gasteiger partial charge in [-0.3, -0.25) is 9.59 Å². The quantitative estimate of drug-likeness (QED) is 0.779. The van der Waals surface area contributed by atoms with Crippen LogP contribution in [0.25, 0.3) is 0 Å². The van der Waals surface area contributed by atoms with Crippen molar-refractivity contribution in [3.05, 3.63) is 0 Å². The molecule has 2 unspecified atom stereocenters. The van der Waals surface area contributed by atoms with Crippen molar-refractivity contribution >= 4 is 11.9 Å². The summed E-state index contributed by atoms with van der Waals surface area (Å²) in [7, 11) is 0. The second kappa shape index (κ2) is 7.51. The number of carbonyl (C=O) groups excluding carboxylic acids is 1. The van der Waals surface area contributed by atoms with E-state index in [4.69, 9.17) is 5.11 Å². The Labute approximate surface area is 116 Å². The molecule has 110 valence electrons. The lowest BCUT2D eigenvalue weighted by atomic mass is 9.81. The van der Waals surface area contributed by atoms with Crippen LogP contribution in [-0.2, 0) is 9.59 Å². The Morgan fingerprint density at radius 2 is 1.68 bits per heavy atom. The van der Waals surface area contributed by atoms with Gasteiger partial charge in [0.05, 0.1) is 5.92 Å². The third-order valence-electron chi connectivity index (χ3n) is 4.29. The summed E-state index contributed by atoms with van der Waals surface area (Å²) in [6, 6.07) is 0.208. The molecule has 4 nitrogen and oxygen atoms in total. The van der Waals surface area contributed by atoms with Gasteiger partial charge in [-0.2, -0.15) is 0 Å². The zero-order chi connectivity index (χ0) is 14.4. The second-order valence-corrected chi connectivity index (χ2v) is 6.05. The number of aliphatic carboxylic acids is 1. The number of carboxylic acid groups (broad SMARTS) is 1. The van der Waals surface area contributed by atoms with Gasteiger partial charge in [0.25, 0.3) is 0 Å². The van der Waals surface area contributed by atoms with E-state index < -0.39 is 5.97 Å². The fraction of sp³-hybridized carbons (Fsp3) is 0.867. The average Bonchev–Trinajstić information content (AvgIpc) is 2.38. The van der Waals surface area contributed by atoms with Gasteiger partial charge in [0.2, 0.25) is 5.91 Å². The molecule has 4 heteroatoms. The molecule has 2 N–H and O–H groups in total. The molecule has 19 heavy (non-hydrogen) atoms. The van der Waals surface area contributed by atoms with Crippen molar-refractivity contribution in [3.63, 3.8) is 0 Å². The molecule has 1 saturated carbocycles. The highest BCUT2D eigenvalue weighted by molar-refractivity contribution is 5.79. The van der Waals surface area contributed by atoms with E-state index in [-0.39, 0.29) is 23.8 Å². The lowest BCUT2D eigenvalue weighted by Gasteiger charge is -2.27. The van der Waals surface area contributed by atoms with Gasteiger partial charge in [-0.15, -0.1) is 0 Å². The molecule has 1 aliphatic rings. The zero-order valence-electron chi connectivity index (χ0n) is 12.3. The van der Waals surface area contributed by atoms with Crippen LogP contribution in [0.2, 0.25) is 0 Å². The third kappa shape index (κ3) is 5.21. The minimum atomic E-state index is -0.719. The summed E-state index contributed by atoms with van der Waals surface area (Å²) in [5, 5.41) is 12.0. The van der Waals surface area contributed by atoms with Gasteiger partial charge in [-0.1, -0.05) is 20.3 Å². The smallest absolute Gasteiger partial charge is 0.306 e. The minimum absolute atomic E-state index is 0.00924. The Morgan fingerprint density at radius 3 is 2.16 bits per heavy atom. The average molecular weight is 269 g/mol. The summed E-state index contributed by atoms with van der Waals surface area (Å²) in [4.78, 5) is 23.0. The molecule has 0 aromatic carbocycles. The van der Waals surface area contributed by atoms with E-state index in [1.54, 1.807) is 0 Å². The first-order valence-electron chi connectivity index (χ1n) is 7.47. The molecule has 0 bridgehead atoms. The maximum absolute atomic E-state index is 12.1. The van der Waals surface area contributed by atoms with Crippen LogP contribution in [0.1, 0.15) is 59.3 Å². The summed E-state index contributed by atoms with van der Waals surface area (Å²) in [5.41, 5.74) is 0. The van der Waals surface area contributed by atoms with Crippen molar-refractivity contribution in [1.82, 2.24) is 5.32 Å². The van der Waals surface area contributed by atoms with Gasteiger partial charge in [0.15, 0.2) is 0 Å². The van der Waals surface area contributed by atoms with Crippen LogP contribution in [0, 0.1) is 17.8 Å². The first-order valence-corrected chi connectivity index (χ1v) is 7.47. The fourth-order valence-electron chi connectivity index (χ4n) is 2.79. The lowest BCUT2D eigenvalue weighted by molar-refractivity contribution is -0.144. The normalized spacial score (nSPS) is 26.5. The maximum Gasteiger partial charge on any atom is 0.306 e. The van der Waals surface area contributed by atoms with E-state index in [2.05, 4.69) is 19.2 Å². The third-order valence-corrected chi connectivity index (χ3v) is 4.29. The van der Waals surface area contributed by atoms with Crippen LogP contribution in [0.3, 0.4) is 0 Å². The first kappa shape index (κ1) is 16.0. The monoisotopic (exact) mass is 269 g/mol. The molecule has 0 aromatic heterocycles. The highest BCUT2D eigenvalue weighted by Crippen LogP contribution is 2.29. The Hall–Kier alpha value is -1.06. The summed E-state index contributed by atoms with van der Waals surface area (Å²) in [5.74, 6) is -0.224. The minimum Gasteiger partial charge on any atom is -0.481 e. The lowest BCUT2D eigenvalue weighted by Crippen LogP contribution is -2.39. The topological polar surface area (TPSA) is 66.4 Å². The van der Waals surface area contributed by atoms with Crippen LogP contribution in [-0.4, -0.2) is 23.0 Å². The largest absolute Gasteiger partial charge is 0.481 e. The van der Waals surface area contributed by atoms with Crippen LogP contribution in [0.15, 0.2) is 0 Å². The Kier molecular flexibility index (Phi) is 6.32. The predicted molar refractivity (Wildman–Crippen MR) is 74.8 cm³/mol. The van der Waals surface area contributed by atoms with E-state index in [9.17, 15) is 9.59 Å². The molecule has 0 radical (unpaired) electrons. The highest BCUT2D eigenvalue weighted by atomic mass is 16.4. The number of hydrogen-bond acceptors (Lipinski definition) is 2. The van der Waals surface area contributed by atoms with E-state index in [1.165, 1.54) is 0 Å². The molecular formula is C15H27NO3. The van der Waals surface area contributed by atoms with Gasteiger partial charge in [-0.25, -0.2) is 0 Å². The Bertz CT molecular complexity index is 309. The van der Waals surface area contributed by atoms with Gasteiger partial charge >= 0.3 is 5.97 Å². The van der Waals surface area contributed by atoms with E-state index in [1.807, 2.05) is 6.92 Å². The van der Waals surface area contributed by atoms with Crippen LogP contribution < -0.4 is 5.32 Å². The first-order chi connectivity index (χ1) is 8.93. The SMILES string of the molecule is CCC(C)CC(C)NC(=O)C1CCC(C(=O)O)CC1. The van der Waals surface area contributed by atoms with E-state index in [0.717, 1.165) is 12.8 Å². The molecule has 0 saturated heterocycles. The molecule has 1 amide bonds. The van der Waals surface area contributed by atoms with E-state index in [0.29, 0.717) is 31.6 Å². The molecule has 1 aliphatic carbocycles. The van der Waals surface area contributed by atoms with Crippen LogP contribution in [0.5, 0.6) is 0 Å². The summed E-state index contributed by atoms with van der Waals surface area (Å²) >= 11 is 0. The fourth-order valence-corrected chi connectivity index (χ4v) is 2.79. The molecular weight excluding hydrogens is 242 g/mol. The second-order valence-electron chi connectivity index (χ2n) is 6.05. The number of carbonyl (C=O) groups is 2. The predicted octanol–water partition coefficient (Wildman–Crippen LogP) is 2.82. The van der Waals surface area contributed by atoms with Gasteiger partial charge in [0, 0.05) is 12.0 Å². The van der Waals surface area contributed by atoms with Gasteiger partial charge in [0.1, 0.15) is 0 Å². The van der Waals surface area contributed by atoms with Gasteiger partial charge in [-0.05, 0) is 44.9 Å². The molecule has 0 spiro atoms. The number of carboxylic acids is 1. The van der Waals surface area contributed by atoms with Crippen molar-refractivity contribution in [3.8, 4) is 0 Å². The Morgan fingerprint density at radius 1 is 1.16 bits per heavy atom. The van der Waals surface area contributed by atoms with Gasteiger partial charge < -0.3 is 10.4 Å². The van der Waals surface area contributed by atoms with Crippen molar-refractivity contribution in [2.75, 3.05) is 0 Å². The Balaban J connectivity index is 2.33. The number of hydrogen-bond donors (Lipinski definition) is 2. The number of amides is 1. The molecule has 1 rings (SSSR count). The number of rotatable bonds is 6. The van der Waals surface area contributed by atoms with Crippen LogP contribution >= 0.6 is 0 Å². The van der Waals surface area contributed by atoms with Crippen molar-refractivity contribution in [2.45, 2.75) is 65.3 Å². The van der Waals surface area contributed by atoms with Crippen molar-refractivity contribution < 1.29 is 14.7 Å². The molecule has 0 aromatic rings. The maximum atomic E-state index is 12.1. The number of nitrogens with one attached hydrogen (secondary N) is 1. The molecule has 0 heterocycles. The van der Waals surface area contributed by atoms with E-state index >= 15 is 0 Å². The molecule has 2 atom stereocenters. The van der Waals surface area contributed by atoms with Crippen molar-refractivity contribution in [1.29, 1.82) is 0 Å².